The van der Waals surface area contributed by atoms with E-state index < -0.39 is 15.8 Å². The van der Waals surface area contributed by atoms with Gasteiger partial charge in [-0.1, -0.05) is 6.07 Å². The Bertz CT molecular complexity index is 933. The maximum Gasteiger partial charge on any atom is 0.321 e. The van der Waals surface area contributed by atoms with Crippen molar-refractivity contribution in [1.82, 2.24) is 9.62 Å². The average molecular weight is 405 g/mol. The van der Waals surface area contributed by atoms with Crippen LogP contribution in [0.4, 0.5) is 14.9 Å². The van der Waals surface area contributed by atoms with Crippen molar-refractivity contribution in [3.63, 3.8) is 0 Å². The third-order valence-corrected chi connectivity index (χ3v) is 6.24. The highest BCUT2D eigenvalue weighted by Gasteiger charge is 2.26. The normalized spacial score (nSPS) is 15.5. The monoisotopic (exact) mass is 405 g/mol. The molecule has 0 unspecified atom stereocenters. The molecular formula is C20H24FN3O3S. The molecular weight excluding hydrogens is 381 g/mol. The topological polar surface area (TPSA) is 78.5 Å². The summed E-state index contributed by atoms with van der Waals surface area (Å²) in [6.45, 7) is 4.85. The number of amides is 2. The van der Waals surface area contributed by atoms with Crippen LogP contribution < -0.4 is 10.0 Å². The first-order valence-corrected chi connectivity index (χ1v) is 10.6. The van der Waals surface area contributed by atoms with Crippen molar-refractivity contribution in [1.29, 1.82) is 0 Å². The molecule has 8 heteroatoms. The van der Waals surface area contributed by atoms with Crippen LogP contribution in [0.1, 0.15) is 24.0 Å². The zero-order valence-corrected chi connectivity index (χ0v) is 16.7. The highest BCUT2D eigenvalue weighted by Crippen LogP contribution is 2.18. The maximum atomic E-state index is 13.0. The summed E-state index contributed by atoms with van der Waals surface area (Å²) in [4.78, 5) is 14.2. The number of carbonyl (C=O) groups excluding carboxylic acids is 1. The molecule has 2 aromatic carbocycles. The lowest BCUT2D eigenvalue weighted by atomic mass is 10.1. The van der Waals surface area contributed by atoms with Crippen LogP contribution in [-0.4, -0.2) is 38.5 Å². The first-order valence-electron chi connectivity index (χ1n) is 9.15. The van der Waals surface area contributed by atoms with Gasteiger partial charge in [0.1, 0.15) is 5.82 Å². The van der Waals surface area contributed by atoms with Crippen LogP contribution in [0.3, 0.4) is 0 Å². The van der Waals surface area contributed by atoms with Gasteiger partial charge in [0.2, 0.25) is 10.0 Å². The van der Waals surface area contributed by atoms with E-state index in [1.54, 1.807) is 4.90 Å². The van der Waals surface area contributed by atoms with Gasteiger partial charge in [-0.3, -0.25) is 0 Å². The summed E-state index contributed by atoms with van der Waals surface area (Å²) in [5, 5.41) is 2.90. The Kier molecular flexibility index (Phi) is 6.00. The number of nitrogens with one attached hydrogen (secondary N) is 2. The number of anilines is 1. The van der Waals surface area contributed by atoms with E-state index in [1.165, 1.54) is 12.1 Å². The molecule has 0 radical (unpaired) electrons. The number of hydrogen-bond acceptors (Lipinski definition) is 3. The summed E-state index contributed by atoms with van der Waals surface area (Å²) in [6.07, 6.45) is 1.03. The third kappa shape index (κ3) is 5.08. The second kappa shape index (κ2) is 8.28. The van der Waals surface area contributed by atoms with E-state index >= 15 is 0 Å². The molecule has 0 atom stereocenters. The van der Waals surface area contributed by atoms with Gasteiger partial charge >= 0.3 is 6.03 Å². The molecule has 1 fully saturated rings. The minimum absolute atomic E-state index is 0.0314. The molecule has 6 nitrogen and oxygen atoms in total. The molecule has 0 saturated carbocycles. The van der Waals surface area contributed by atoms with E-state index in [2.05, 4.69) is 10.0 Å². The van der Waals surface area contributed by atoms with E-state index in [0.717, 1.165) is 28.9 Å². The molecule has 0 bridgehead atoms. The Morgan fingerprint density at radius 3 is 2.18 bits per heavy atom. The van der Waals surface area contributed by atoms with Gasteiger partial charge < -0.3 is 10.2 Å². The number of benzene rings is 2. The Balaban J connectivity index is 1.55. The van der Waals surface area contributed by atoms with Crippen LogP contribution in [0.25, 0.3) is 0 Å². The van der Waals surface area contributed by atoms with Gasteiger partial charge in [0, 0.05) is 24.8 Å². The zero-order valence-electron chi connectivity index (χ0n) is 15.9. The Morgan fingerprint density at radius 2 is 1.61 bits per heavy atom. The highest BCUT2D eigenvalue weighted by atomic mass is 32.2. The van der Waals surface area contributed by atoms with E-state index in [0.29, 0.717) is 25.9 Å². The zero-order chi connectivity index (χ0) is 20.3. The summed E-state index contributed by atoms with van der Waals surface area (Å²) in [6, 6.07) is 10.1. The molecule has 1 saturated heterocycles. The van der Waals surface area contributed by atoms with Gasteiger partial charge in [-0.05, 0) is 74.2 Å². The summed E-state index contributed by atoms with van der Waals surface area (Å²) in [7, 11) is -3.71. The standard InChI is InChI=1S/C20H24FN3O3S/c1-14-11-15(2)13-18(12-14)22-20(25)24-9-7-17(8-10-24)23-28(26,27)19-5-3-16(21)4-6-19/h3-6,11-13,17,23H,7-10H2,1-2H3,(H,22,25). The van der Waals surface area contributed by atoms with Crippen LogP contribution in [0.2, 0.25) is 0 Å². The second-order valence-corrected chi connectivity index (χ2v) is 8.86. The van der Waals surface area contributed by atoms with Crippen molar-refractivity contribution in [2.24, 2.45) is 0 Å². The van der Waals surface area contributed by atoms with E-state index in [1.807, 2.05) is 32.0 Å². The van der Waals surface area contributed by atoms with E-state index in [9.17, 15) is 17.6 Å². The number of urea groups is 1. The molecule has 0 aromatic heterocycles. The second-order valence-electron chi connectivity index (χ2n) is 7.14. The number of halogens is 1. The predicted molar refractivity (Wildman–Crippen MR) is 106 cm³/mol. The molecule has 2 amide bonds. The van der Waals surface area contributed by atoms with Crippen molar-refractivity contribution in [2.75, 3.05) is 18.4 Å². The Hall–Kier alpha value is -2.45. The lowest BCUT2D eigenvalue weighted by Crippen LogP contribution is -2.47. The number of likely N-dealkylation sites (tertiary alicyclic amines) is 1. The fraction of sp³-hybridized carbons (Fsp3) is 0.350. The maximum absolute atomic E-state index is 13.0. The fourth-order valence-corrected chi connectivity index (χ4v) is 4.66. The fourth-order valence-electron chi connectivity index (χ4n) is 3.35. The van der Waals surface area contributed by atoms with Crippen molar-refractivity contribution in [2.45, 2.75) is 37.6 Å². The number of carbonyl (C=O) groups is 1. The summed E-state index contributed by atoms with van der Waals surface area (Å²) < 4.78 is 40.5. The van der Waals surface area contributed by atoms with Crippen molar-refractivity contribution in [3.8, 4) is 0 Å². The summed E-state index contributed by atoms with van der Waals surface area (Å²) in [5.41, 5.74) is 2.90. The van der Waals surface area contributed by atoms with Crippen LogP contribution in [0.5, 0.6) is 0 Å². The molecule has 0 spiro atoms. The van der Waals surface area contributed by atoms with Gasteiger partial charge in [-0.2, -0.15) is 0 Å². The molecule has 1 aliphatic rings. The summed E-state index contributed by atoms with van der Waals surface area (Å²) in [5.74, 6) is -0.484. The lowest BCUT2D eigenvalue weighted by Gasteiger charge is -2.32. The molecule has 1 aliphatic heterocycles. The van der Waals surface area contributed by atoms with Crippen LogP contribution >= 0.6 is 0 Å². The largest absolute Gasteiger partial charge is 0.324 e. The number of sulfonamides is 1. The SMILES string of the molecule is Cc1cc(C)cc(NC(=O)N2CCC(NS(=O)(=O)c3ccc(F)cc3)CC2)c1. The molecule has 2 N–H and O–H groups in total. The smallest absolute Gasteiger partial charge is 0.321 e. The number of hydrogen-bond donors (Lipinski definition) is 2. The van der Waals surface area contributed by atoms with Crippen molar-refractivity contribution in [3.05, 3.63) is 59.4 Å². The van der Waals surface area contributed by atoms with E-state index in [4.69, 9.17) is 0 Å². The van der Waals surface area contributed by atoms with Crippen molar-refractivity contribution < 1.29 is 17.6 Å². The van der Waals surface area contributed by atoms with E-state index in [-0.39, 0.29) is 17.0 Å². The first-order chi connectivity index (χ1) is 13.2. The molecule has 1 heterocycles. The Morgan fingerprint density at radius 1 is 1.04 bits per heavy atom. The van der Waals surface area contributed by atoms with Gasteiger partial charge in [0.15, 0.2) is 0 Å². The van der Waals surface area contributed by atoms with Gasteiger partial charge in [-0.15, -0.1) is 0 Å². The van der Waals surface area contributed by atoms with Crippen LogP contribution in [0, 0.1) is 19.7 Å². The molecule has 0 aliphatic carbocycles. The lowest BCUT2D eigenvalue weighted by molar-refractivity contribution is 0.193. The van der Waals surface area contributed by atoms with Gasteiger partial charge in [0.05, 0.1) is 4.90 Å². The average Bonchev–Trinajstić information content (AvgIpc) is 2.61. The van der Waals surface area contributed by atoms with Crippen molar-refractivity contribution >= 4 is 21.7 Å². The molecule has 150 valence electrons. The predicted octanol–water partition coefficient (Wildman–Crippen LogP) is 3.42. The minimum Gasteiger partial charge on any atom is -0.324 e. The third-order valence-electron chi connectivity index (χ3n) is 4.70. The molecule has 2 aromatic rings. The Labute approximate surface area is 164 Å². The number of nitrogens with zero attached hydrogens (tertiary/aromatic N) is 1. The minimum atomic E-state index is -3.71. The highest BCUT2D eigenvalue weighted by molar-refractivity contribution is 7.89. The number of rotatable bonds is 4. The number of piperidine rings is 1. The quantitative estimate of drug-likeness (QED) is 0.818. The summed E-state index contributed by atoms with van der Waals surface area (Å²) >= 11 is 0. The first kappa shape index (κ1) is 20.3. The molecule has 28 heavy (non-hydrogen) atoms. The van der Waals surface area contributed by atoms with Gasteiger partial charge in [0.25, 0.3) is 0 Å². The van der Waals surface area contributed by atoms with Gasteiger partial charge in [-0.25, -0.2) is 22.3 Å². The van der Waals surface area contributed by atoms with Crippen LogP contribution in [-0.2, 0) is 10.0 Å². The van der Waals surface area contributed by atoms with Crippen LogP contribution in [0.15, 0.2) is 47.4 Å². The molecule has 3 rings (SSSR count). The number of aryl methyl sites for hydroxylation is 2.